The van der Waals surface area contributed by atoms with Gasteiger partial charge in [0.15, 0.2) is 11.5 Å². The van der Waals surface area contributed by atoms with Gasteiger partial charge in [0.1, 0.15) is 18.2 Å². The van der Waals surface area contributed by atoms with Gasteiger partial charge in [-0.05, 0) is 23.8 Å². The third kappa shape index (κ3) is 4.75. The Hall–Kier alpha value is -3.88. The standard InChI is InChI=1S/C21H22N4O5/c1-12(26)24-17(21(28)30-3)8-13-4-6-14(7-5-13)25-20-15-9-18(27)19(29-2)10-16(15)22-11-23-20/h4-7,9-11,17,27H,8H2,1-3H3,(H,24,26)(H,22,23,25)/t17-/m1/s1. The van der Waals surface area contributed by atoms with Crippen LogP contribution in [0.25, 0.3) is 10.9 Å². The highest BCUT2D eigenvalue weighted by molar-refractivity contribution is 5.93. The van der Waals surface area contributed by atoms with Crippen molar-refractivity contribution in [3.05, 3.63) is 48.3 Å². The van der Waals surface area contributed by atoms with E-state index in [4.69, 9.17) is 9.47 Å². The summed E-state index contributed by atoms with van der Waals surface area (Å²) in [6.45, 7) is 1.35. The first kappa shape index (κ1) is 20.8. The third-order valence-electron chi connectivity index (χ3n) is 4.46. The second kappa shape index (κ2) is 9.08. The number of phenols is 1. The maximum Gasteiger partial charge on any atom is 0.328 e. The van der Waals surface area contributed by atoms with Crippen LogP contribution in [-0.2, 0) is 20.7 Å². The van der Waals surface area contributed by atoms with E-state index < -0.39 is 12.0 Å². The van der Waals surface area contributed by atoms with E-state index in [1.165, 1.54) is 27.5 Å². The molecule has 0 saturated carbocycles. The number of benzene rings is 2. The lowest BCUT2D eigenvalue weighted by Crippen LogP contribution is -2.41. The summed E-state index contributed by atoms with van der Waals surface area (Å²) in [4.78, 5) is 31.7. The Labute approximate surface area is 173 Å². The van der Waals surface area contributed by atoms with Crippen LogP contribution in [0.3, 0.4) is 0 Å². The minimum Gasteiger partial charge on any atom is -0.504 e. The molecule has 1 amide bonds. The van der Waals surface area contributed by atoms with Crippen LogP contribution in [0.15, 0.2) is 42.7 Å². The van der Waals surface area contributed by atoms with Gasteiger partial charge >= 0.3 is 5.97 Å². The quantitative estimate of drug-likeness (QED) is 0.507. The number of aromatic nitrogens is 2. The van der Waals surface area contributed by atoms with Crippen molar-refractivity contribution in [1.29, 1.82) is 0 Å². The smallest absolute Gasteiger partial charge is 0.328 e. The largest absolute Gasteiger partial charge is 0.504 e. The lowest BCUT2D eigenvalue weighted by Gasteiger charge is -2.16. The Morgan fingerprint density at radius 3 is 2.50 bits per heavy atom. The number of methoxy groups -OCH3 is 2. The average Bonchev–Trinajstić information content (AvgIpc) is 2.73. The normalized spacial score (nSPS) is 11.6. The Kier molecular flexibility index (Phi) is 6.31. The van der Waals surface area contributed by atoms with Gasteiger partial charge in [-0.1, -0.05) is 12.1 Å². The average molecular weight is 410 g/mol. The molecule has 0 spiro atoms. The number of rotatable bonds is 7. The number of esters is 1. The van der Waals surface area contributed by atoms with Gasteiger partial charge < -0.3 is 25.2 Å². The zero-order valence-electron chi connectivity index (χ0n) is 16.8. The predicted octanol–water partition coefficient (Wildman–Crippen LogP) is 2.31. The number of anilines is 2. The van der Waals surface area contributed by atoms with Crippen molar-refractivity contribution in [3.8, 4) is 11.5 Å². The van der Waals surface area contributed by atoms with Crippen LogP contribution in [0, 0.1) is 0 Å². The minimum atomic E-state index is -0.755. The summed E-state index contributed by atoms with van der Waals surface area (Å²) >= 11 is 0. The van der Waals surface area contributed by atoms with Crippen molar-refractivity contribution >= 4 is 34.3 Å². The number of phenolic OH excluding ortho intramolecular Hbond substituents is 1. The van der Waals surface area contributed by atoms with Crippen molar-refractivity contribution in [2.45, 2.75) is 19.4 Å². The molecule has 0 unspecified atom stereocenters. The highest BCUT2D eigenvalue weighted by Crippen LogP contribution is 2.33. The zero-order chi connectivity index (χ0) is 21.7. The number of hydrogen-bond donors (Lipinski definition) is 3. The van der Waals surface area contributed by atoms with Crippen LogP contribution in [0.2, 0.25) is 0 Å². The molecule has 156 valence electrons. The van der Waals surface area contributed by atoms with E-state index in [-0.39, 0.29) is 11.7 Å². The molecule has 9 heteroatoms. The summed E-state index contributed by atoms with van der Waals surface area (Å²) in [6.07, 6.45) is 1.72. The van der Waals surface area contributed by atoms with E-state index in [2.05, 4.69) is 20.6 Å². The minimum absolute atomic E-state index is 0.00924. The summed E-state index contributed by atoms with van der Waals surface area (Å²) in [7, 11) is 2.75. The van der Waals surface area contributed by atoms with E-state index in [1.54, 1.807) is 12.1 Å². The van der Waals surface area contributed by atoms with Gasteiger partial charge in [0, 0.05) is 30.5 Å². The van der Waals surface area contributed by atoms with Gasteiger partial charge in [0.05, 0.1) is 19.7 Å². The Morgan fingerprint density at radius 2 is 1.87 bits per heavy atom. The molecule has 0 aliphatic carbocycles. The van der Waals surface area contributed by atoms with E-state index in [0.29, 0.717) is 28.9 Å². The van der Waals surface area contributed by atoms with Gasteiger partial charge in [-0.3, -0.25) is 4.79 Å². The maximum atomic E-state index is 11.9. The fourth-order valence-corrected chi connectivity index (χ4v) is 3.01. The molecule has 1 atom stereocenters. The van der Waals surface area contributed by atoms with Crippen molar-refractivity contribution in [2.75, 3.05) is 19.5 Å². The molecule has 9 nitrogen and oxygen atoms in total. The third-order valence-corrected chi connectivity index (χ3v) is 4.46. The number of carbonyl (C=O) groups is 2. The number of carbonyl (C=O) groups excluding carboxylic acids is 2. The number of aromatic hydroxyl groups is 1. The summed E-state index contributed by atoms with van der Waals surface area (Å²) in [5, 5.41) is 16.5. The highest BCUT2D eigenvalue weighted by Gasteiger charge is 2.20. The van der Waals surface area contributed by atoms with Crippen molar-refractivity contribution in [1.82, 2.24) is 15.3 Å². The predicted molar refractivity (Wildman–Crippen MR) is 111 cm³/mol. The number of hydrogen-bond acceptors (Lipinski definition) is 8. The molecule has 0 radical (unpaired) electrons. The van der Waals surface area contributed by atoms with Crippen LogP contribution in [0.4, 0.5) is 11.5 Å². The lowest BCUT2D eigenvalue weighted by atomic mass is 10.1. The number of nitrogens with zero attached hydrogens (tertiary/aromatic N) is 2. The number of amides is 1. The molecular weight excluding hydrogens is 388 g/mol. The van der Waals surface area contributed by atoms with E-state index in [1.807, 2.05) is 24.3 Å². The molecule has 0 aliphatic rings. The molecule has 3 N–H and O–H groups in total. The second-order valence-corrected chi connectivity index (χ2v) is 6.57. The van der Waals surface area contributed by atoms with Crippen LogP contribution < -0.4 is 15.4 Å². The maximum absolute atomic E-state index is 11.9. The fourth-order valence-electron chi connectivity index (χ4n) is 3.01. The first-order chi connectivity index (χ1) is 14.4. The molecule has 0 bridgehead atoms. The summed E-state index contributed by atoms with van der Waals surface area (Å²) in [5.74, 6) is 0.0338. The molecule has 3 rings (SSSR count). The van der Waals surface area contributed by atoms with E-state index in [0.717, 1.165) is 11.3 Å². The van der Waals surface area contributed by atoms with Crippen molar-refractivity contribution in [2.24, 2.45) is 0 Å². The number of fused-ring (bicyclic) bond motifs is 1. The van der Waals surface area contributed by atoms with Crippen LogP contribution in [0.5, 0.6) is 11.5 Å². The lowest BCUT2D eigenvalue weighted by molar-refractivity contribution is -0.144. The van der Waals surface area contributed by atoms with Crippen LogP contribution in [-0.4, -0.2) is 47.2 Å². The van der Waals surface area contributed by atoms with Gasteiger partial charge in [-0.25, -0.2) is 14.8 Å². The highest BCUT2D eigenvalue weighted by atomic mass is 16.5. The Morgan fingerprint density at radius 1 is 1.13 bits per heavy atom. The monoisotopic (exact) mass is 410 g/mol. The summed E-state index contributed by atoms with van der Waals surface area (Å²) < 4.78 is 9.86. The Balaban J connectivity index is 1.79. The first-order valence-corrected chi connectivity index (χ1v) is 9.14. The van der Waals surface area contributed by atoms with Gasteiger partial charge in [-0.2, -0.15) is 0 Å². The molecule has 0 aliphatic heterocycles. The molecular formula is C21H22N4O5. The first-order valence-electron chi connectivity index (χ1n) is 9.14. The molecule has 3 aromatic rings. The topological polar surface area (TPSA) is 123 Å². The van der Waals surface area contributed by atoms with Gasteiger partial charge in [0.2, 0.25) is 5.91 Å². The van der Waals surface area contributed by atoms with Crippen molar-refractivity contribution < 1.29 is 24.2 Å². The molecule has 30 heavy (non-hydrogen) atoms. The van der Waals surface area contributed by atoms with Gasteiger partial charge in [0.25, 0.3) is 0 Å². The number of ether oxygens (including phenoxy) is 2. The summed E-state index contributed by atoms with van der Waals surface area (Å²) in [6, 6.07) is 9.75. The zero-order valence-corrected chi connectivity index (χ0v) is 16.8. The second-order valence-electron chi connectivity index (χ2n) is 6.57. The molecule has 1 aromatic heterocycles. The molecule has 1 heterocycles. The SMILES string of the molecule is COC(=O)[C@@H](Cc1ccc(Nc2ncnc3cc(OC)c(O)cc23)cc1)NC(C)=O. The molecule has 0 fully saturated rings. The molecule has 2 aromatic carbocycles. The molecule has 0 saturated heterocycles. The fraction of sp³-hybridized carbons (Fsp3) is 0.238. The van der Waals surface area contributed by atoms with E-state index in [9.17, 15) is 14.7 Å². The van der Waals surface area contributed by atoms with Crippen molar-refractivity contribution in [3.63, 3.8) is 0 Å². The Bertz CT molecular complexity index is 1070. The van der Waals surface area contributed by atoms with Crippen LogP contribution >= 0.6 is 0 Å². The summed E-state index contributed by atoms with van der Waals surface area (Å²) in [5.41, 5.74) is 2.22. The van der Waals surface area contributed by atoms with Gasteiger partial charge in [-0.15, -0.1) is 0 Å². The number of nitrogens with one attached hydrogen (secondary N) is 2. The van der Waals surface area contributed by atoms with E-state index >= 15 is 0 Å². The van der Waals surface area contributed by atoms with Crippen LogP contribution in [0.1, 0.15) is 12.5 Å².